The van der Waals surface area contributed by atoms with Gasteiger partial charge in [-0.25, -0.2) is 4.39 Å². The summed E-state index contributed by atoms with van der Waals surface area (Å²) in [6, 6.07) is 4.46. The van der Waals surface area contributed by atoms with Gasteiger partial charge < -0.3 is 23.8 Å². The van der Waals surface area contributed by atoms with Crippen LogP contribution in [0, 0.1) is 40.3 Å². The van der Waals surface area contributed by atoms with Gasteiger partial charge in [0.2, 0.25) is 0 Å². The van der Waals surface area contributed by atoms with Crippen LogP contribution in [0.1, 0.15) is 48.0 Å². The van der Waals surface area contributed by atoms with E-state index >= 15 is 0 Å². The molecular formula is C30H34FNO6. The lowest BCUT2D eigenvalue weighted by atomic mass is 9.59. The van der Waals surface area contributed by atoms with Crippen LogP contribution in [-0.4, -0.2) is 46.2 Å². The number of carbonyl (C=O) groups excluding carboxylic acids is 1. The summed E-state index contributed by atoms with van der Waals surface area (Å²) < 4.78 is 39.1. The Kier molecular flexibility index (Phi) is 4.73. The van der Waals surface area contributed by atoms with Crippen LogP contribution in [0.4, 0.5) is 4.39 Å². The number of halogens is 1. The van der Waals surface area contributed by atoms with Crippen LogP contribution < -0.4 is 4.74 Å². The first-order valence-corrected chi connectivity index (χ1v) is 13.5. The first kappa shape index (κ1) is 24.5. The van der Waals surface area contributed by atoms with Crippen LogP contribution in [0.5, 0.6) is 5.88 Å². The van der Waals surface area contributed by atoms with Gasteiger partial charge in [-0.15, -0.1) is 0 Å². The molecule has 5 aliphatic rings. The number of hydrogen-bond acceptors (Lipinski definition) is 7. The van der Waals surface area contributed by atoms with Gasteiger partial charge in [-0.2, -0.15) is 0 Å². The van der Waals surface area contributed by atoms with Crippen LogP contribution in [0.3, 0.4) is 0 Å². The van der Waals surface area contributed by atoms with Crippen molar-refractivity contribution in [2.24, 2.45) is 34.5 Å². The van der Waals surface area contributed by atoms with Crippen molar-refractivity contribution in [3.8, 4) is 5.88 Å². The third-order valence-electron chi connectivity index (χ3n) is 10.3. The number of carbonyl (C=O) groups is 1. The molecular weight excluding hydrogens is 489 g/mol. The smallest absolute Gasteiger partial charge is 0.265 e. The molecule has 7 nitrogen and oxygen atoms in total. The number of ketones is 1. The Bertz CT molecular complexity index is 1440. The second-order valence-electron chi connectivity index (χ2n) is 13.1. The van der Waals surface area contributed by atoms with Crippen molar-refractivity contribution in [2.75, 3.05) is 6.61 Å². The van der Waals surface area contributed by atoms with Gasteiger partial charge in [0.05, 0.1) is 12.0 Å². The molecule has 0 amide bonds. The second kappa shape index (κ2) is 7.34. The zero-order valence-electron chi connectivity index (χ0n) is 22.6. The van der Waals surface area contributed by atoms with Crippen molar-refractivity contribution in [3.05, 3.63) is 47.3 Å². The molecule has 0 radical (unpaired) electrons. The van der Waals surface area contributed by atoms with Crippen LogP contribution in [0.25, 0.3) is 11.0 Å². The van der Waals surface area contributed by atoms with Gasteiger partial charge in [-0.05, 0) is 78.8 Å². The normalized spacial score (nSPS) is 42.3. The molecule has 202 valence electrons. The number of rotatable bonds is 2. The Morgan fingerprint density at radius 2 is 1.97 bits per heavy atom. The van der Waals surface area contributed by atoms with Gasteiger partial charge in [-0.3, -0.25) is 4.79 Å². The van der Waals surface area contributed by atoms with E-state index in [0.29, 0.717) is 11.5 Å². The minimum absolute atomic E-state index is 0.00415. The van der Waals surface area contributed by atoms with E-state index in [9.17, 15) is 14.3 Å². The summed E-state index contributed by atoms with van der Waals surface area (Å²) in [5.74, 6) is -1.59. The topological polar surface area (TPSA) is 91.0 Å². The standard InChI is InChI=1S/C30H34FNO6/c1-14-12-29-15(2)10-18-22(27(18,3)4)17(23(29)33)11-16-13-35-28(5,6)37-25(16)30(29,34)24(14)36-26-21-19(31)8-7-9-20(21)38-32-26/h7-9,11-12,15,17-18,22,24-25,34H,10,13H2,1-6H3. The molecule has 1 N–H and O–H groups in total. The molecule has 8 unspecified atom stereocenters. The molecule has 2 saturated carbocycles. The number of Topliss-reactive ketones (excluding diaryl/α,β-unsaturated/α-hetero) is 1. The molecule has 2 aromatic rings. The minimum atomic E-state index is -1.81. The Morgan fingerprint density at radius 1 is 1.21 bits per heavy atom. The zero-order chi connectivity index (χ0) is 27.0. The van der Waals surface area contributed by atoms with Crippen LogP contribution >= 0.6 is 0 Å². The average Bonchev–Trinajstić information content (AvgIpc) is 3.12. The molecule has 1 aromatic carbocycles. The van der Waals surface area contributed by atoms with Gasteiger partial charge in [0.15, 0.2) is 28.9 Å². The van der Waals surface area contributed by atoms with Crippen molar-refractivity contribution in [1.82, 2.24) is 5.16 Å². The van der Waals surface area contributed by atoms with E-state index in [4.69, 9.17) is 18.7 Å². The number of aromatic nitrogens is 1. The molecule has 1 aromatic heterocycles. The minimum Gasteiger partial charge on any atom is -0.464 e. The second-order valence-corrected chi connectivity index (χ2v) is 13.1. The summed E-state index contributed by atoms with van der Waals surface area (Å²) in [7, 11) is 0. The van der Waals surface area contributed by atoms with E-state index < -0.39 is 34.8 Å². The molecule has 4 aliphatic carbocycles. The Hall–Kier alpha value is -2.55. The number of hydrogen-bond donors (Lipinski definition) is 1. The quantitative estimate of drug-likeness (QED) is 0.555. The fourth-order valence-corrected chi connectivity index (χ4v) is 8.42. The number of fused-ring (bicyclic) bond motifs is 6. The van der Waals surface area contributed by atoms with E-state index in [1.807, 2.05) is 19.1 Å². The molecule has 2 bridgehead atoms. The van der Waals surface area contributed by atoms with Gasteiger partial charge in [0, 0.05) is 5.92 Å². The predicted molar refractivity (Wildman–Crippen MR) is 136 cm³/mol. The van der Waals surface area contributed by atoms with E-state index in [-0.39, 0.29) is 52.4 Å². The maximum Gasteiger partial charge on any atom is 0.265 e. The Labute approximate surface area is 221 Å². The van der Waals surface area contributed by atoms with E-state index in [1.165, 1.54) is 12.1 Å². The molecule has 2 heterocycles. The summed E-state index contributed by atoms with van der Waals surface area (Å²) in [5.41, 5.74) is -1.37. The highest BCUT2D eigenvalue weighted by atomic mass is 19.1. The summed E-state index contributed by atoms with van der Waals surface area (Å²) >= 11 is 0. The first-order valence-electron chi connectivity index (χ1n) is 13.5. The highest BCUT2D eigenvalue weighted by Gasteiger charge is 2.77. The van der Waals surface area contributed by atoms with E-state index in [0.717, 1.165) is 12.0 Å². The van der Waals surface area contributed by atoms with Gasteiger partial charge in [0.25, 0.3) is 5.88 Å². The monoisotopic (exact) mass is 523 g/mol. The molecule has 7 rings (SSSR count). The molecule has 3 fully saturated rings. The van der Waals surface area contributed by atoms with E-state index in [1.54, 1.807) is 19.9 Å². The van der Waals surface area contributed by atoms with E-state index in [2.05, 4.69) is 25.9 Å². The fraction of sp³-hybridized carbons (Fsp3) is 0.600. The van der Waals surface area contributed by atoms with Crippen LogP contribution in [0.2, 0.25) is 0 Å². The number of ether oxygens (including phenoxy) is 3. The fourth-order valence-electron chi connectivity index (χ4n) is 8.42. The van der Waals surface area contributed by atoms with Crippen LogP contribution in [-0.2, 0) is 14.3 Å². The summed E-state index contributed by atoms with van der Waals surface area (Å²) in [5, 5.41) is 17.2. The Morgan fingerprint density at radius 3 is 2.74 bits per heavy atom. The molecule has 1 spiro atoms. The van der Waals surface area contributed by atoms with Crippen molar-refractivity contribution in [1.29, 1.82) is 0 Å². The average molecular weight is 524 g/mol. The third kappa shape index (κ3) is 2.84. The number of benzene rings is 1. The van der Waals surface area contributed by atoms with Gasteiger partial charge in [0.1, 0.15) is 17.3 Å². The molecule has 8 atom stereocenters. The predicted octanol–water partition coefficient (Wildman–Crippen LogP) is 4.98. The maximum absolute atomic E-state index is 14.9. The summed E-state index contributed by atoms with van der Waals surface area (Å²) in [6.45, 7) is 12.2. The maximum atomic E-state index is 14.9. The van der Waals surface area contributed by atoms with Crippen LogP contribution in [0.15, 0.2) is 46.0 Å². The lowest BCUT2D eigenvalue weighted by Gasteiger charge is -2.52. The lowest BCUT2D eigenvalue weighted by Crippen LogP contribution is -2.68. The van der Waals surface area contributed by atoms with Crippen molar-refractivity contribution >= 4 is 16.8 Å². The highest BCUT2D eigenvalue weighted by Crippen LogP contribution is 2.72. The number of allylic oxidation sites excluding steroid dienone is 1. The third-order valence-corrected chi connectivity index (χ3v) is 10.3. The van der Waals surface area contributed by atoms with Gasteiger partial charge >= 0.3 is 0 Å². The zero-order valence-corrected chi connectivity index (χ0v) is 22.6. The first-order chi connectivity index (χ1) is 17.8. The summed E-state index contributed by atoms with van der Waals surface area (Å²) in [6.07, 6.45) is 2.83. The van der Waals surface area contributed by atoms with Crippen molar-refractivity contribution in [3.63, 3.8) is 0 Å². The SMILES string of the molecule is CC1=CC23C(=O)C(C=C4COC(C)(C)OC4C2(O)C1Oc1noc2cccc(F)c12)C1C(CC3C)C1(C)C. The lowest BCUT2D eigenvalue weighted by molar-refractivity contribution is -0.301. The molecule has 1 saturated heterocycles. The van der Waals surface area contributed by atoms with Gasteiger partial charge in [-0.1, -0.05) is 39.0 Å². The van der Waals surface area contributed by atoms with Crippen molar-refractivity contribution < 1.29 is 33.0 Å². The number of nitrogens with zero attached hydrogens (tertiary/aromatic N) is 1. The molecule has 38 heavy (non-hydrogen) atoms. The largest absolute Gasteiger partial charge is 0.464 e. The molecule has 1 aliphatic heterocycles. The molecule has 8 heteroatoms. The Balaban J connectivity index is 1.43. The van der Waals surface area contributed by atoms with Crippen molar-refractivity contribution in [2.45, 2.75) is 71.6 Å². The number of aliphatic hydroxyl groups is 1. The highest BCUT2D eigenvalue weighted by molar-refractivity contribution is 5.95. The summed E-state index contributed by atoms with van der Waals surface area (Å²) in [4.78, 5) is 14.8.